The molecule has 0 aliphatic carbocycles. The van der Waals surface area contributed by atoms with Gasteiger partial charge in [-0.2, -0.15) is 15.5 Å². The second-order valence-corrected chi connectivity index (χ2v) is 17.0. The summed E-state index contributed by atoms with van der Waals surface area (Å²) in [5.41, 5.74) is 17.0. The maximum absolute atomic E-state index is 9.30. The first-order valence-corrected chi connectivity index (χ1v) is 21.5. The highest BCUT2D eigenvalue weighted by molar-refractivity contribution is 9.10. The lowest BCUT2D eigenvalue weighted by Gasteiger charge is -2.14. The zero-order valence-electron chi connectivity index (χ0n) is 37.8. The molecule has 2 aromatic heterocycles. The van der Waals surface area contributed by atoms with E-state index >= 15 is 0 Å². The van der Waals surface area contributed by atoms with Gasteiger partial charge in [0.05, 0.1) is 29.6 Å². The van der Waals surface area contributed by atoms with Crippen LogP contribution in [0, 0.1) is 87.1 Å². The molecule has 0 fully saturated rings. The zero-order valence-corrected chi connectivity index (χ0v) is 39.4. The van der Waals surface area contributed by atoms with Crippen molar-refractivity contribution in [2.45, 2.75) is 69.2 Å². The van der Waals surface area contributed by atoms with Gasteiger partial charge in [-0.05, 0) is 144 Å². The Morgan fingerprint density at radius 3 is 1.55 bits per heavy atom. The molecule has 0 aliphatic heterocycles. The molecule has 0 atom stereocenters. The van der Waals surface area contributed by atoms with E-state index in [-0.39, 0.29) is 0 Å². The van der Waals surface area contributed by atoms with Gasteiger partial charge in [0.2, 0.25) is 0 Å². The summed E-state index contributed by atoms with van der Waals surface area (Å²) in [5.74, 6) is 3.19. The van der Waals surface area contributed by atoms with Crippen molar-refractivity contribution in [1.82, 2.24) is 29.5 Å². The lowest BCUT2D eigenvalue weighted by atomic mass is 9.77. The lowest BCUT2D eigenvalue weighted by molar-refractivity contribution is 0.425. The number of nitrogens with zero attached hydrogens (tertiary/aromatic N) is 8. The molecule has 8 aromatic rings. The van der Waals surface area contributed by atoms with Crippen LogP contribution in [-0.4, -0.2) is 46.7 Å². The van der Waals surface area contributed by atoms with Gasteiger partial charge in [-0.25, -0.2) is 24.2 Å². The third-order valence-electron chi connectivity index (χ3n) is 10.7. The average molecular weight is 910 g/mol. The topological polar surface area (TPSA) is 130 Å². The van der Waals surface area contributed by atoms with E-state index in [4.69, 9.17) is 26.7 Å². The standard InChI is InChI=1S/C26H24N4.C18H18BrN3.C8H8BNO2/c1-16-11-18(3)25(19(4)12-16)30-26(28-20(5)29-30)23-8-6-7-22(14-23)24-13-21(15-27)10-9-17(24)2;1-11-8-12(2)17(13(3)9-11)22-18(20-14(4)21-22)15-6-5-7-16(19)10-15;1-6-3-4-7(10-2)5-8(6)9(11)12/h6-14H,1-5H3;5-10H,1-4H3;3-5,11-12H,1H3. The van der Waals surface area contributed by atoms with Gasteiger partial charge in [0.1, 0.15) is 11.6 Å². The highest BCUT2D eigenvalue weighted by Crippen LogP contribution is 2.32. The highest BCUT2D eigenvalue weighted by Gasteiger charge is 2.19. The van der Waals surface area contributed by atoms with Crippen molar-refractivity contribution in [1.29, 1.82) is 5.26 Å². The van der Waals surface area contributed by atoms with Crippen molar-refractivity contribution in [2.24, 2.45) is 0 Å². The van der Waals surface area contributed by atoms with E-state index in [0.717, 1.165) is 72.5 Å². The summed E-state index contributed by atoms with van der Waals surface area (Å²) >= 11 is 3.53. The van der Waals surface area contributed by atoms with Crippen molar-refractivity contribution in [3.63, 3.8) is 0 Å². The number of aromatic nitrogens is 6. The lowest BCUT2D eigenvalue weighted by Crippen LogP contribution is -2.31. The summed E-state index contributed by atoms with van der Waals surface area (Å²) in [6.07, 6.45) is 0. The Morgan fingerprint density at radius 1 is 0.578 bits per heavy atom. The molecule has 0 saturated carbocycles. The first kappa shape index (κ1) is 46.5. The van der Waals surface area contributed by atoms with Crippen molar-refractivity contribution in [3.05, 3.63) is 187 Å². The van der Waals surface area contributed by atoms with E-state index in [2.05, 4.69) is 140 Å². The number of hydrogen-bond acceptors (Lipinski definition) is 7. The van der Waals surface area contributed by atoms with Crippen LogP contribution in [-0.2, 0) is 0 Å². The Bertz CT molecular complexity index is 3050. The summed E-state index contributed by atoms with van der Waals surface area (Å²) < 4.78 is 4.95. The van der Waals surface area contributed by atoms with Gasteiger partial charge in [-0.1, -0.05) is 111 Å². The Morgan fingerprint density at radius 2 is 1.06 bits per heavy atom. The molecule has 0 spiro atoms. The Hall–Kier alpha value is -6.96. The Kier molecular flexibility index (Phi) is 14.6. The number of halogens is 1. The maximum atomic E-state index is 9.30. The fourth-order valence-electron chi connectivity index (χ4n) is 7.96. The predicted octanol–water partition coefficient (Wildman–Crippen LogP) is 11.2. The smallest absolute Gasteiger partial charge is 0.423 e. The van der Waals surface area contributed by atoms with Crippen LogP contribution in [0.25, 0.3) is 50.1 Å². The van der Waals surface area contributed by atoms with Crippen LogP contribution in [0.3, 0.4) is 0 Å². The third kappa shape index (κ3) is 10.6. The van der Waals surface area contributed by atoms with Gasteiger partial charge in [-0.3, -0.25) is 0 Å². The summed E-state index contributed by atoms with van der Waals surface area (Å²) in [7, 11) is -1.49. The van der Waals surface area contributed by atoms with E-state index in [1.54, 1.807) is 19.1 Å². The molecular formula is C52H50BBrN8O2. The van der Waals surface area contributed by atoms with E-state index in [1.807, 2.05) is 59.6 Å². The maximum Gasteiger partial charge on any atom is 0.487 e. The third-order valence-corrected chi connectivity index (χ3v) is 11.2. The molecule has 0 bridgehead atoms. The van der Waals surface area contributed by atoms with Crippen molar-refractivity contribution < 1.29 is 10.0 Å². The van der Waals surface area contributed by atoms with Crippen molar-refractivity contribution >= 4 is 34.2 Å². The summed E-state index contributed by atoms with van der Waals surface area (Å²) in [6.45, 7) is 27.1. The predicted molar refractivity (Wildman–Crippen MR) is 261 cm³/mol. The van der Waals surface area contributed by atoms with E-state index in [0.29, 0.717) is 16.7 Å². The van der Waals surface area contributed by atoms with E-state index in [9.17, 15) is 5.26 Å². The fraction of sp³-hybridized carbons (Fsp3) is 0.192. The summed E-state index contributed by atoms with van der Waals surface area (Å²) in [5, 5.41) is 36.4. The number of rotatable bonds is 6. The monoisotopic (exact) mass is 908 g/mol. The average Bonchev–Trinajstić information content (AvgIpc) is 3.82. The molecule has 2 heterocycles. The Balaban J connectivity index is 0.000000175. The van der Waals surface area contributed by atoms with Crippen LogP contribution >= 0.6 is 15.9 Å². The molecule has 0 saturated heterocycles. The minimum Gasteiger partial charge on any atom is -0.423 e. The minimum atomic E-state index is -1.49. The van der Waals surface area contributed by atoms with Gasteiger partial charge < -0.3 is 10.0 Å². The molecule has 12 heteroatoms. The fourth-order valence-corrected chi connectivity index (χ4v) is 8.36. The van der Waals surface area contributed by atoms with Crippen molar-refractivity contribution in [3.8, 4) is 51.3 Å². The van der Waals surface area contributed by atoms with Gasteiger partial charge in [0.25, 0.3) is 0 Å². The van der Waals surface area contributed by atoms with E-state index < -0.39 is 7.12 Å². The molecule has 2 N–H and O–H groups in total. The van der Waals surface area contributed by atoms with Gasteiger partial charge >= 0.3 is 7.12 Å². The van der Waals surface area contributed by atoms with E-state index in [1.165, 1.54) is 39.4 Å². The number of hydrogen-bond donors (Lipinski definition) is 2. The normalized spacial score (nSPS) is 10.5. The number of nitriles is 1. The largest absolute Gasteiger partial charge is 0.487 e. The molecule has 0 aliphatic rings. The molecule has 64 heavy (non-hydrogen) atoms. The van der Waals surface area contributed by atoms with Crippen LogP contribution in [0.4, 0.5) is 5.69 Å². The SMILES string of the molecule is Cc1cc(C)c(-n2nc(C)nc2-c2cccc(-c3cc(C#N)ccc3C)c2)c(C)c1.Cc1cc(C)c(-n2nc(C)nc2-c2cccc(Br)c2)c(C)c1.[C-]#[N+]c1ccc(C)c(B(O)O)c1. The molecular weight excluding hydrogens is 859 g/mol. The van der Waals surface area contributed by atoms with Gasteiger partial charge in [0.15, 0.2) is 17.3 Å². The van der Waals surface area contributed by atoms with Crippen LogP contribution in [0.2, 0.25) is 0 Å². The number of benzene rings is 6. The second-order valence-electron chi connectivity index (χ2n) is 16.0. The highest BCUT2D eigenvalue weighted by atomic mass is 79.9. The first-order chi connectivity index (χ1) is 30.5. The van der Waals surface area contributed by atoms with Crippen LogP contribution in [0.1, 0.15) is 61.7 Å². The van der Waals surface area contributed by atoms with Crippen LogP contribution in [0.5, 0.6) is 0 Å². The van der Waals surface area contributed by atoms with Gasteiger partial charge in [-0.15, -0.1) is 0 Å². The second kappa shape index (κ2) is 20.0. The minimum absolute atomic E-state index is 0.392. The van der Waals surface area contributed by atoms with Gasteiger partial charge in [0, 0.05) is 15.6 Å². The van der Waals surface area contributed by atoms with Crippen molar-refractivity contribution in [2.75, 3.05) is 0 Å². The molecule has 0 unspecified atom stereocenters. The Labute approximate surface area is 384 Å². The van der Waals surface area contributed by atoms with Crippen LogP contribution < -0.4 is 5.46 Å². The first-order valence-electron chi connectivity index (χ1n) is 20.7. The quantitative estimate of drug-likeness (QED) is 0.125. The molecule has 6 aromatic carbocycles. The molecule has 0 radical (unpaired) electrons. The zero-order chi connectivity index (χ0) is 46.4. The molecule has 0 amide bonds. The number of aryl methyl sites for hydroxylation is 10. The molecule has 320 valence electrons. The molecule has 8 rings (SSSR count). The molecule has 10 nitrogen and oxygen atoms in total. The van der Waals surface area contributed by atoms with Crippen LogP contribution in [0.15, 0.2) is 114 Å². The summed E-state index contributed by atoms with van der Waals surface area (Å²) in [6, 6.07) is 38.0. The summed E-state index contributed by atoms with van der Waals surface area (Å²) in [4.78, 5) is 12.6.